The molecule has 3 rings (SSSR count). The first-order valence-electron chi connectivity index (χ1n) is 6.31. The van der Waals surface area contributed by atoms with Gasteiger partial charge < -0.3 is 4.90 Å². The summed E-state index contributed by atoms with van der Waals surface area (Å²) in [5.41, 5.74) is 2.70. The molecule has 1 amide bonds. The van der Waals surface area contributed by atoms with Gasteiger partial charge in [-0.2, -0.15) is 5.26 Å². The van der Waals surface area contributed by atoms with Crippen molar-refractivity contribution in [1.29, 1.82) is 5.26 Å². The molecule has 98 valence electrons. The molecule has 0 saturated carbocycles. The topological polar surface area (TPSA) is 68.8 Å². The van der Waals surface area contributed by atoms with Crippen LogP contribution >= 0.6 is 0 Å². The molecular formula is C15H12N4O. The fraction of sp³-hybridized carbons (Fsp3) is 0.200. The zero-order valence-electron chi connectivity index (χ0n) is 10.8. The van der Waals surface area contributed by atoms with Gasteiger partial charge in [0.2, 0.25) is 0 Å². The molecule has 5 heteroatoms. The van der Waals surface area contributed by atoms with Gasteiger partial charge in [-0.3, -0.25) is 14.8 Å². The van der Waals surface area contributed by atoms with Gasteiger partial charge in [-0.05, 0) is 17.7 Å². The monoisotopic (exact) mass is 264 g/mol. The Morgan fingerprint density at radius 1 is 1.35 bits per heavy atom. The van der Waals surface area contributed by atoms with E-state index < -0.39 is 0 Å². The highest BCUT2D eigenvalue weighted by Gasteiger charge is 2.27. The van der Waals surface area contributed by atoms with E-state index in [0.29, 0.717) is 36.6 Å². The van der Waals surface area contributed by atoms with Crippen LogP contribution in [0, 0.1) is 11.3 Å². The van der Waals surface area contributed by atoms with Crippen molar-refractivity contribution < 1.29 is 4.79 Å². The number of dihydropyridines is 1. The third kappa shape index (κ3) is 2.12. The SMILES string of the molecule is N#Cc1ccccc1CN1CN=C2C=NCC=C2C1=O. The second kappa shape index (κ2) is 5.10. The van der Waals surface area contributed by atoms with Crippen molar-refractivity contribution in [3.8, 4) is 6.07 Å². The lowest BCUT2D eigenvalue weighted by molar-refractivity contribution is -0.127. The van der Waals surface area contributed by atoms with E-state index in [-0.39, 0.29) is 5.91 Å². The van der Waals surface area contributed by atoms with Crippen LogP contribution in [0.25, 0.3) is 0 Å². The highest BCUT2D eigenvalue weighted by Crippen LogP contribution is 2.17. The van der Waals surface area contributed by atoms with Crippen molar-refractivity contribution in [2.45, 2.75) is 6.54 Å². The molecule has 2 heterocycles. The number of benzene rings is 1. The minimum atomic E-state index is -0.0473. The standard InChI is InChI=1S/C15H12N4O/c16-7-11-3-1-2-4-12(11)9-19-10-18-14-8-17-6-5-13(14)15(19)20/h1-5,8H,6,9-10H2. The highest BCUT2D eigenvalue weighted by atomic mass is 16.2. The van der Waals surface area contributed by atoms with E-state index in [4.69, 9.17) is 5.26 Å². The fourth-order valence-electron chi connectivity index (χ4n) is 2.27. The number of rotatable bonds is 2. The predicted molar refractivity (Wildman–Crippen MR) is 75.5 cm³/mol. The van der Waals surface area contributed by atoms with Gasteiger partial charge in [0.15, 0.2) is 0 Å². The van der Waals surface area contributed by atoms with Gasteiger partial charge in [-0.25, -0.2) is 0 Å². The van der Waals surface area contributed by atoms with Gasteiger partial charge in [-0.1, -0.05) is 18.2 Å². The van der Waals surface area contributed by atoms with E-state index in [1.165, 1.54) is 0 Å². The van der Waals surface area contributed by atoms with Gasteiger partial charge in [0, 0.05) is 12.8 Å². The van der Waals surface area contributed by atoms with Crippen molar-refractivity contribution in [1.82, 2.24) is 4.90 Å². The van der Waals surface area contributed by atoms with E-state index >= 15 is 0 Å². The molecule has 0 spiro atoms. The maximum atomic E-state index is 12.4. The van der Waals surface area contributed by atoms with E-state index in [0.717, 1.165) is 5.56 Å². The quantitative estimate of drug-likeness (QED) is 0.808. The van der Waals surface area contributed by atoms with Crippen LogP contribution in [0.1, 0.15) is 11.1 Å². The summed E-state index contributed by atoms with van der Waals surface area (Å²) in [6.45, 7) is 1.22. The molecule has 1 aromatic rings. The lowest BCUT2D eigenvalue weighted by Crippen LogP contribution is -2.39. The number of nitriles is 1. The summed E-state index contributed by atoms with van der Waals surface area (Å²) in [4.78, 5) is 22.5. The molecule has 2 aliphatic heterocycles. The van der Waals surface area contributed by atoms with Crippen LogP contribution in [0.2, 0.25) is 0 Å². The Balaban J connectivity index is 1.86. The van der Waals surface area contributed by atoms with Crippen molar-refractivity contribution in [2.24, 2.45) is 9.98 Å². The first-order chi connectivity index (χ1) is 9.79. The van der Waals surface area contributed by atoms with Crippen LogP contribution in [0.15, 0.2) is 45.9 Å². The van der Waals surface area contributed by atoms with Gasteiger partial charge in [0.05, 0.1) is 29.5 Å². The predicted octanol–water partition coefficient (Wildman–Crippen LogP) is 1.31. The number of carbonyl (C=O) groups excluding carboxylic acids is 1. The Labute approximate surface area is 116 Å². The number of fused-ring (bicyclic) bond motifs is 1. The van der Waals surface area contributed by atoms with E-state index in [9.17, 15) is 4.79 Å². The number of aliphatic imine (C=N–C) groups is 2. The third-order valence-electron chi connectivity index (χ3n) is 3.32. The van der Waals surface area contributed by atoms with Gasteiger partial charge in [-0.15, -0.1) is 0 Å². The number of amides is 1. The normalized spacial score (nSPS) is 17.1. The van der Waals surface area contributed by atoms with Gasteiger partial charge in [0.25, 0.3) is 5.91 Å². The Kier molecular flexibility index (Phi) is 3.13. The molecule has 20 heavy (non-hydrogen) atoms. The maximum absolute atomic E-state index is 12.4. The van der Waals surface area contributed by atoms with Crippen molar-refractivity contribution in [3.05, 3.63) is 47.0 Å². The first kappa shape index (κ1) is 12.3. The van der Waals surface area contributed by atoms with Crippen LogP contribution in [-0.4, -0.2) is 35.9 Å². The van der Waals surface area contributed by atoms with Crippen molar-refractivity contribution in [3.63, 3.8) is 0 Å². The molecule has 0 fully saturated rings. The van der Waals surface area contributed by atoms with Crippen LogP contribution in [0.4, 0.5) is 0 Å². The second-order valence-electron chi connectivity index (χ2n) is 4.57. The van der Waals surface area contributed by atoms with Crippen LogP contribution in [0.3, 0.4) is 0 Å². The van der Waals surface area contributed by atoms with Gasteiger partial charge in [0.1, 0.15) is 6.67 Å². The Morgan fingerprint density at radius 3 is 3.05 bits per heavy atom. The molecule has 5 nitrogen and oxygen atoms in total. The Hall–Kier alpha value is -2.74. The summed E-state index contributed by atoms with van der Waals surface area (Å²) in [7, 11) is 0. The highest BCUT2D eigenvalue weighted by molar-refractivity contribution is 6.46. The number of hydrogen-bond donors (Lipinski definition) is 0. The molecule has 0 saturated heterocycles. The average molecular weight is 264 g/mol. The Bertz CT molecular complexity index is 694. The molecule has 0 atom stereocenters. The summed E-state index contributed by atoms with van der Waals surface area (Å²) >= 11 is 0. The van der Waals surface area contributed by atoms with E-state index in [1.807, 2.05) is 18.2 Å². The average Bonchev–Trinajstić information content (AvgIpc) is 2.51. The summed E-state index contributed by atoms with van der Waals surface area (Å²) in [5.74, 6) is -0.0473. The molecule has 0 N–H and O–H groups in total. The van der Waals surface area contributed by atoms with Crippen LogP contribution in [-0.2, 0) is 11.3 Å². The maximum Gasteiger partial charge on any atom is 0.257 e. The van der Waals surface area contributed by atoms with Crippen LogP contribution in [0.5, 0.6) is 0 Å². The number of hydrogen-bond acceptors (Lipinski definition) is 4. The van der Waals surface area contributed by atoms with Gasteiger partial charge >= 0.3 is 0 Å². The molecular weight excluding hydrogens is 252 g/mol. The zero-order chi connectivity index (χ0) is 13.9. The lowest BCUT2D eigenvalue weighted by Gasteiger charge is -2.27. The smallest absolute Gasteiger partial charge is 0.257 e. The fourth-order valence-corrected chi connectivity index (χ4v) is 2.27. The Morgan fingerprint density at radius 2 is 2.20 bits per heavy atom. The largest absolute Gasteiger partial charge is 0.315 e. The molecule has 2 aliphatic rings. The summed E-state index contributed by atoms with van der Waals surface area (Å²) in [5, 5.41) is 9.09. The van der Waals surface area contributed by atoms with E-state index in [2.05, 4.69) is 16.1 Å². The van der Waals surface area contributed by atoms with E-state index in [1.54, 1.807) is 23.3 Å². The van der Waals surface area contributed by atoms with Crippen LogP contribution < -0.4 is 0 Å². The van der Waals surface area contributed by atoms with Crippen molar-refractivity contribution in [2.75, 3.05) is 13.2 Å². The molecule has 0 bridgehead atoms. The summed E-state index contributed by atoms with van der Waals surface area (Å²) < 4.78 is 0. The van der Waals surface area contributed by atoms with Crippen molar-refractivity contribution >= 4 is 17.8 Å². The summed E-state index contributed by atoms with van der Waals surface area (Å²) in [6.07, 6.45) is 3.44. The molecule has 0 aliphatic carbocycles. The first-order valence-corrected chi connectivity index (χ1v) is 6.31. The third-order valence-corrected chi connectivity index (χ3v) is 3.32. The molecule has 0 radical (unpaired) electrons. The number of carbonyl (C=O) groups is 1. The summed E-state index contributed by atoms with van der Waals surface area (Å²) in [6, 6.07) is 9.45. The number of nitrogens with zero attached hydrogens (tertiary/aromatic N) is 4. The molecule has 1 aromatic carbocycles. The zero-order valence-corrected chi connectivity index (χ0v) is 10.8. The second-order valence-corrected chi connectivity index (χ2v) is 4.57. The molecule has 0 unspecified atom stereocenters. The molecule has 0 aromatic heterocycles. The minimum absolute atomic E-state index is 0.0473. The minimum Gasteiger partial charge on any atom is -0.315 e. The lowest BCUT2D eigenvalue weighted by atomic mass is 10.0.